The van der Waals surface area contributed by atoms with E-state index >= 15 is 0 Å². The van der Waals surface area contributed by atoms with Crippen molar-refractivity contribution in [3.8, 4) is 190 Å². The number of carbonyl (C=O) groups excluding carboxylic acids is 2. The van der Waals surface area contributed by atoms with Gasteiger partial charge in [-0.3, -0.25) is 14.4 Å². The number of fused-ring (bicyclic) bond motifs is 9. The van der Waals surface area contributed by atoms with Crippen molar-refractivity contribution >= 4 is 44.3 Å². The van der Waals surface area contributed by atoms with Gasteiger partial charge in [-0.2, -0.15) is 0 Å². The summed E-state index contributed by atoms with van der Waals surface area (Å²) in [7, 11) is 0. The molecule has 0 aliphatic carbocycles. The summed E-state index contributed by atoms with van der Waals surface area (Å²) in [5, 5.41) is 322. The Labute approximate surface area is 808 Å². The molecule has 6 aliphatic heterocycles. The second-order valence-electron chi connectivity index (χ2n) is 34.9. The number of ether oxygens (including phenoxy) is 8. The largest absolute Gasteiger partial charge is 0.508 e. The van der Waals surface area contributed by atoms with Gasteiger partial charge in [0.2, 0.25) is 16.3 Å². The maximum absolute atomic E-state index is 13.5. The van der Waals surface area contributed by atoms with Crippen LogP contribution in [0, 0.1) is 0 Å². The number of aromatic hydroxyl groups is 27. The van der Waals surface area contributed by atoms with Crippen LogP contribution in [-0.2, 0) is 48.0 Å². The Kier molecular flexibility index (Phi) is 24.2. The first-order valence-electron chi connectivity index (χ1n) is 43.3. The Balaban J connectivity index is 0.000000144. The van der Waals surface area contributed by atoms with Gasteiger partial charge < -0.3 is 196 Å². The van der Waals surface area contributed by atoms with E-state index in [1.54, 1.807) is 0 Å². The number of aliphatic hydroxyl groups excluding tert-OH is 4. The predicted molar refractivity (Wildman–Crippen MR) is 492 cm³/mol. The van der Waals surface area contributed by atoms with Gasteiger partial charge in [0.15, 0.2) is 111 Å². The lowest BCUT2D eigenvalue weighted by Crippen LogP contribution is -2.35. The highest BCUT2D eigenvalue weighted by Crippen LogP contribution is 2.56. The van der Waals surface area contributed by atoms with Gasteiger partial charge in [-0.05, 0) is 106 Å². The van der Waals surface area contributed by atoms with Crippen LogP contribution in [-0.4, -0.2) is 207 Å². The van der Waals surface area contributed by atoms with Crippen molar-refractivity contribution < 1.29 is 206 Å². The van der Waals surface area contributed by atoms with E-state index in [0.717, 1.165) is 109 Å². The summed E-state index contributed by atoms with van der Waals surface area (Å²) in [6, 6.07) is 26.3. The molecule has 44 nitrogen and oxygen atoms in total. The van der Waals surface area contributed by atoms with E-state index in [0.29, 0.717) is 0 Å². The molecule has 145 heavy (non-hydrogen) atoms. The average Bonchev–Trinajstić information content (AvgIpc) is 1.72. The van der Waals surface area contributed by atoms with Crippen molar-refractivity contribution in [2.45, 2.75) is 112 Å². The van der Waals surface area contributed by atoms with Gasteiger partial charge in [0, 0.05) is 167 Å². The Morgan fingerprint density at radius 3 is 0.710 bits per heavy atom. The Morgan fingerprint density at radius 1 is 0.221 bits per heavy atom. The van der Waals surface area contributed by atoms with Crippen LogP contribution >= 0.6 is 0 Å². The molecule has 14 aromatic rings. The normalized spacial score (nSPS) is 19.8. The summed E-state index contributed by atoms with van der Waals surface area (Å²) >= 11 is 0. The van der Waals surface area contributed by atoms with Crippen molar-refractivity contribution in [2.24, 2.45) is 0 Å². The van der Waals surface area contributed by atoms with Gasteiger partial charge in [0.1, 0.15) is 128 Å². The molecule has 0 bridgehead atoms. The molecule has 6 aliphatic rings. The van der Waals surface area contributed by atoms with Crippen LogP contribution < -0.4 is 44.7 Å². The monoisotopic (exact) mass is 2000 g/mol. The molecule has 3 unspecified atom stereocenters. The third-order valence-corrected chi connectivity index (χ3v) is 25.4. The highest BCUT2D eigenvalue weighted by atomic mass is 16.6. The summed E-state index contributed by atoms with van der Waals surface area (Å²) in [5.74, 6) is -20.1. The van der Waals surface area contributed by atoms with E-state index in [-0.39, 0.29) is 202 Å². The highest BCUT2D eigenvalue weighted by molar-refractivity contribution is 6.01. The fraction of sp³-hybridized carbons (Fsp3) is 0.178. The van der Waals surface area contributed by atoms with Crippen molar-refractivity contribution in [2.75, 3.05) is 0 Å². The fourth-order valence-electron chi connectivity index (χ4n) is 18.6. The second-order valence-corrected chi connectivity index (χ2v) is 34.9. The molecular weight excluding hydrogens is 1920 g/mol. The SMILES string of the molecule is O=C(O[C@@H]1Cc2c(O)cc(O)cc2OC1c1cc(O)c(O)c2c(O)c(=O)cc([C@H]3Oc4cc(O)cc(O)c4C[C@H]3O)cc12)c1cc(O)c(O)c(O)c1.O=C(O[C@@H]1Cc2c(O)cc(O)cc2O[C@@H]1c1cc(=O)c(O)c2c(O)c(O)cc(C3Oc4cc(O)cc(O)c4C[C@H]3O)c2c1)c1cc(O)c(O)c(O)c1.O=c1cc([C@H]2Oc3cc(O)cc(O)c3C[C@H]2O)cc2c(C3Oc4cc(O)cc(O)c4C[C@H]3O)cc(O)c(O)c2c1O. The number of phenolic OH excluding ortho intramolecular Hbond substituents is 24. The minimum atomic E-state index is -1.53. The molecule has 6 heterocycles. The van der Waals surface area contributed by atoms with E-state index in [9.17, 15) is 182 Å². The van der Waals surface area contributed by atoms with Crippen LogP contribution in [0.3, 0.4) is 0 Å². The van der Waals surface area contributed by atoms with Crippen LogP contribution in [0.15, 0.2) is 166 Å². The third-order valence-electron chi connectivity index (χ3n) is 25.4. The lowest BCUT2D eigenvalue weighted by molar-refractivity contribution is -0.0190. The van der Waals surface area contributed by atoms with Gasteiger partial charge in [0.25, 0.3) is 0 Å². The smallest absolute Gasteiger partial charge is 0.338 e. The topological polar surface area (TPSA) is 786 Å². The summed E-state index contributed by atoms with van der Waals surface area (Å²) in [6.45, 7) is 0. The molecule has 748 valence electrons. The van der Waals surface area contributed by atoms with Crippen molar-refractivity contribution in [1.29, 1.82) is 0 Å². The van der Waals surface area contributed by atoms with E-state index in [2.05, 4.69) is 0 Å². The second kappa shape index (κ2) is 36.4. The maximum atomic E-state index is 13.5. The molecule has 20 rings (SSSR count). The summed E-state index contributed by atoms with van der Waals surface area (Å²) in [4.78, 5) is 66.5. The molecule has 0 radical (unpaired) electrons. The minimum Gasteiger partial charge on any atom is -0.508 e. The number of phenols is 24. The Bertz CT molecular complexity index is 8000. The van der Waals surface area contributed by atoms with Crippen LogP contribution in [0.25, 0.3) is 32.3 Å². The van der Waals surface area contributed by atoms with Crippen LogP contribution in [0.1, 0.15) is 124 Å². The standard InChI is InChI=1S/2C36H28O16.C29H24O12/c37-14-5-20(39)18-10-26(45)35(51-27(18)7-14)17-9-25(44)33(48)30-16(17)1-12(2-24(43)32(30)47)34-29(11-19-21(40)6-15(38)8-28(19)50-34)52-36(49)13-3-22(41)31(46)23(42)4-13;37-14-5-20(39)18-10-26(45)34(50-27(18)7-14)12-1-16-17(9-25(44)33(48)30(16)32(47)24(43)2-12)35-29(11-19-21(40)6-15(38)8-28(19)51-35)52-36(49)13-3-22(41)31(46)23(42)4-13;30-11-3-17(32)15-8-21(36)28(40-23(15)5-11)10-1-13-14(7-20(35)27(39)25(13)26(38)19(34)2-10)29-22(37)9-16-18(33)4-12(31)6-24(16)41-29/h2*1-9,26,29,34-35,37-42,44-46,48H,10-11H2,(H,43,47);1-7,21-22,28-33,35-37,39H,8-9H2,(H,34,38)/t2*26-,29-,34-,35?;21-,22-,28-,29?/m111/s1. The number of hydrogen-bond donors (Lipinski definition) is 31. The van der Waals surface area contributed by atoms with Crippen molar-refractivity contribution in [3.63, 3.8) is 0 Å². The molecule has 44 heteroatoms. The molecule has 12 atom stereocenters. The molecule has 0 fully saturated rings. The fourth-order valence-corrected chi connectivity index (χ4v) is 18.6. The summed E-state index contributed by atoms with van der Waals surface area (Å²) in [5.41, 5.74) is -3.52. The van der Waals surface area contributed by atoms with Crippen LogP contribution in [0.4, 0.5) is 0 Å². The minimum absolute atomic E-state index is 0.0180. The first kappa shape index (κ1) is 96.3. The van der Waals surface area contributed by atoms with Crippen molar-refractivity contribution in [3.05, 3.63) is 260 Å². The summed E-state index contributed by atoms with van der Waals surface area (Å²) < 4.78 is 47.4. The number of esters is 2. The Hall–Kier alpha value is -18.9. The van der Waals surface area contributed by atoms with Gasteiger partial charge in [-0.1, -0.05) is 0 Å². The first-order valence-corrected chi connectivity index (χ1v) is 43.3. The average molecular weight is 2000 g/mol. The zero-order valence-electron chi connectivity index (χ0n) is 73.8. The molecule has 0 amide bonds. The van der Waals surface area contributed by atoms with E-state index in [4.69, 9.17) is 37.9 Å². The molecular formula is C101H80O44. The molecule has 0 saturated carbocycles. The first-order chi connectivity index (χ1) is 68.6. The quantitative estimate of drug-likeness (QED) is 0.0450. The van der Waals surface area contributed by atoms with Gasteiger partial charge in [-0.25, -0.2) is 9.59 Å². The van der Waals surface area contributed by atoms with Gasteiger partial charge in [0.05, 0.1) is 51.7 Å². The lowest BCUT2D eigenvalue weighted by atomic mass is 9.89. The molecule has 0 spiro atoms. The van der Waals surface area contributed by atoms with E-state index in [1.165, 1.54) is 42.5 Å². The van der Waals surface area contributed by atoms with Crippen molar-refractivity contribution in [1.82, 2.24) is 0 Å². The predicted octanol–water partition coefficient (Wildman–Crippen LogP) is 8.60. The van der Waals surface area contributed by atoms with Gasteiger partial charge >= 0.3 is 11.9 Å². The number of carbonyl (C=O) groups is 2. The van der Waals surface area contributed by atoms with E-state index < -0.39 is 238 Å². The number of benzene rings is 11. The van der Waals surface area contributed by atoms with Gasteiger partial charge in [-0.15, -0.1) is 0 Å². The number of hydrogen-bond acceptors (Lipinski definition) is 44. The number of rotatable bonds is 10. The van der Waals surface area contributed by atoms with Crippen LogP contribution in [0.5, 0.6) is 190 Å². The molecule has 14 aromatic carbocycles. The Morgan fingerprint density at radius 2 is 0.434 bits per heavy atom. The molecule has 31 N–H and O–H groups in total. The zero-order valence-corrected chi connectivity index (χ0v) is 73.8. The molecule has 0 aromatic heterocycles. The lowest BCUT2D eigenvalue weighted by Gasteiger charge is -2.34. The number of aliphatic hydroxyl groups is 4. The zero-order chi connectivity index (χ0) is 104. The highest BCUT2D eigenvalue weighted by Gasteiger charge is 2.45. The summed E-state index contributed by atoms with van der Waals surface area (Å²) in [6.07, 6.45) is -18.0. The van der Waals surface area contributed by atoms with E-state index in [1.807, 2.05) is 0 Å². The maximum Gasteiger partial charge on any atom is 0.338 e. The molecule has 0 saturated heterocycles. The van der Waals surface area contributed by atoms with Crippen LogP contribution in [0.2, 0.25) is 0 Å². The third kappa shape index (κ3) is 17.5.